The van der Waals surface area contributed by atoms with Crippen LogP contribution in [0.1, 0.15) is 36.3 Å². The van der Waals surface area contributed by atoms with Gasteiger partial charge in [-0.25, -0.2) is 4.98 Å². The number of hydrogen-bond donors (Lipinski definition) is 2. The van der Waals surface area contributed by atoms with E-state index in [0.717, 1.165) is 48.9 Å². The average molecular weight is 424 g/mol. The third-order valence-corrected chi connectivity index (χ3v) is 5.89. The number of nitrogens with zero attached hydrogens (tertiary/aromatic N) is 3. The normalized spacial score (nSPS) is 21.1. The van der Waals surface area contributed by atoms with Crippen molar-refractivity contribution >= 4 is 23.2 Å². The average Bonchev–Trinajstić information content (AvgIpc) is 2.78. The minimum Gasteiger partial charge on any atom is -0.478 e. The van der Waals surface area contributed by atoms with Crippen molar-refractivity contribution in [3.8, 4) is 5.75 Å². The van der Waals surface area contributed by atoms with Gasteiger partial charge in [0.2, 0.25) is 0 Å². The molecule has 1 fully saturated rings. The zero-order valence-corrected chi connectivity index (χ0v) is 18.2. The number of rotatable bonds is 5. The van der Waals surface area contributed by atoms with Gasteiger partial charge in [-0.15, -0.1) is 0 Å². The molecule has 3 heterocycles. The van der Waals surface area contributed by atoms with Gasteiger partial charge in [-0.2, -0.15) is 0 Å². The van der Waals surface area contributed by atoms with Gasteiger partial charge in [0.05, 0.1) is 17.6 Å². The van der Waals surface area contributed by atoms with Gasteiger partial charge in [0.15, 0.2) is 6.10 Å². The second kappa shape index (κ2) is 8.93. The highest BCUT2D eigenvalue weighted by Gasteiger charge is 2.27. The summed E-state index contributed by atoms with van der Waals surface area (Å²) in [6.07, 6.45) is 2.01. The zero-order valence-electron chi connectivity index (χ0n) is 18.2. The maximum atomic E-state index is 12.1. The summed E-state index contributed by atoms with van der Waals surface area (Å²) in [6, 6.07) is 10.1. The Hall–Kier alpha value is -3.13. The smallest absolute Gasteiger partial charge is 0.269 e. The van der Waals surface area contributed by atoms with Crippen LogP contribution in [-0.2, 0) is 11.3 Å². The van der Waals surface area contributed by atoms with Crippen molar-refractivity contribution in [1.82, 2.24) is 15.2 Å². The first kappa shape index (κ1) is 21.1. The maximum absolute atomic E-state index is 12.1. The van der Waals surface area contributed by atoms with Crippen LogP contribution in [0.2, 0.25) is 0 Å². The number of piperazine rings is 1. The summed E-state index contributed by atoms with van der Waals surface area (Å²) < 4.78 is 5.79. The number of aromatic nitrogens is 1. The molecule has 2 unspecified atom stereocenters. The van der Waals surface area contributed by atoms with E-state index >= 15 is 0 Å². The van der Waals surface area contributed by atoms with E-state index in [4.69, 9.17) is 4.74 Å². The van der Waals surface area contributed by atoms with Crippen LogP contribution in [0.5, 0.6) is 5.75 Å². The predicted octanol–water partition coefficient (Wildman–Crippen LogP) is 2.26. The first-order valence-electron chi connectivity index (χ1n) is 10.8. The fraction of sp³-hybridized carbons (Fsp3) is 0.435. The quantitative estimate of drug-likeness (QED) is 0.767. The Labute approximate surface area is 182 Å². The number of hydrogen-bond acceptors (Lipinski definition) is 6. The molecule has 0 radical (unpaired) electrons. The molecule has 4 rings (SSSR count). The van der Waals surface area contributed by atoms with Gasteiger partial charge in [-0.1, -0.05) is 13.0 Å². The van der Waals surface area contributed by atoms with Crippen molar-refractivity contribution in [3.63, 3.8) is 0 Å². The summed E-state index contributed by atoms with van der Waals surface area (Å²) >= 11 is 0. The molecule has 1 aromatic carbocycles. The number of ether oxygens (including phenoxy) is 1. The van der Waals surface area contributed by atoms with Crippen LogP contribution < -0.4 is 20.3 Å². The molecule has 2 N–H and O–H groups in total. The van der Waals surface area contributed by atoms with Gasteiger partial charge < -0.3 is 20.3 Å². The molecule has 8 nitrogen and oxygen atoms in total. The van der Waals surface area contributed by atoms with Crippen LogP contribution in [0.25, 0.3) is 0 Å². The molecule has 31 heavy (non-hydrogen) atoms. The Balaban J connectivity index is 1.38. The molecule has 164 valence electrons. The molecule has 0 spiro atoms. The van der Waals surface area contributed by atoms with Crippen LogP contribution in [0.4, 0.5) is 11.4 Å². The minimum absolute atomic E-state index is 0.0783. The van der Waals surface area contributed by atoms with Crippen LogP contribution in [0, 0.1) is 0 Å². The molecular weight excluding hydrogens is 394 g/mol. The van der Waals surface area contributed by atoms with Gasteiger partial charge in [0, 0.05) is 39.3 Å². The highest BCUT2D eigenvalue weighted by Crippen LogP contribution is 2.32. The molecule has 1 aromatic heterocycles. The number of pyridine rings is 1. The van der Waals surface area contributed by atoms with E-state index < -0.39 is 6.10 Å². The number of benzene rings is 1. The van der Waals surface area contributed by atoms with Crippen molar-refractivity contribution in [2.24, 2.45) is 0 Å². The third kappa shape index (κ3) is 4.49. The maximum Gasteiger partial charge on any atom is 0.269 e. The first-order valence-corrected chi connectivity index (χ1v) is 10.8. The SMILES string of the molecule is CCC1Oc2ccc(CN3CCN(c4ccc(C(=O)NC)nc4)C(C)C3)cc2NC1=O. The van der Waals surface area contributed by atoms with Crippen LogP contribution in [0.15, 0.2) is 36.5 Å². The summed E-state index contributed by atoms with van der Waals surface area (Å²) in [4.78, 5) is 32.8. The number of carbonyl (C=O) groups is 2. The van der Waals surface area contributed by atoms with Gasteiger partial charge in [0.1, 0.15) is 11.4 Å². The van der Waals surface area contributed by atoms with E-state index in [0.29, 0.717) is 18.2 Å². The number of anilines is 2. The lowest BCUT2D eigenvalue weighted by Crippen LogP contribution is -2.51. The van der Waals surface area contributed by atoms with Crippen LogP contribution in [-0.4, -0.2) is 60.5 Å². The Morgan fingerprint density at radius 3 is 2.81 bits per heavy atom. The van der Waals surface area contributed by atoms with Crippen molar-refractivity contribution < 1.29 is 14.3 Å². The van der Waals surface area contributed by atoms with E-state index in [1.165, 1.54) is 0 Å². The minimum atomic E-state index is -0.410. The standard InChI is InChI=1S/C23H29N5O3/c1-4-20-23(30)26-19-11-16(5-8-21(19)31-20)14-27-9-10-28(15(2)13-27)17-6-7-18(25-12-17)22(29)24-3/h5-8,11-12,15,20H,4,9-10,13-14H2,1-3H3,(H,24,29)(H,26,30). The summed E-state index contributed by atoms with van der Waals surface area (Å²) in [7, 11) is 1.60. The molecule has 0 bridgehead atoms. The van der Waals surface area contributed by atoms with E-state index in [2.05, 4.69) is 38.4 Å². The molecule has 2 aromatic rings. The number of fused-ring (bicyclic) bond motifs is 1. The monoisotopic (exact) mass is 423 g/mol. The number of carbonyl (C=O) groups excluding carboxylic acids is 2. The summed E-state index contributed by atoms with van der Waals surface area (Å²) in [5, 5.41) is 5.56. The molecule has 2 aliphatic rings. The highest BCUT2D eigenvalue weighted by atomic mass is 16.5. The second-order valence-corrected chi connectivity index (χ2v) is 8.09. The topological polar surface area (TPSA) is 86.8 Å². The summed E-state index contributed by atoms with van der Waals surface area (Å²) in [6.45, 7) is 7.66. The Bertz CT molecular complexity index is 962. The third-order valence-electron chi connectivity index (χ3n) is 5.89. The van der Waals surface area contributed by atoms with Gasteiger partial charge in [-0.3, -0.25) is 14.5 Å². The predicted molar refractivity (Wildman–Crippen MR) is 119 cm³/mol. The van der Waals surface area contributed by atoms with Gasteiger partial charge in [-0.05, 0) is 43.2 Å². The van der Waals surface area contributed by atoms with Crippen molar-refractivity contribution in [3.05, 3.63) is 47.8 Å². The summed E-state index contributed by atoms with van der Waals surface area (Å²) in [5.74, 6) is 0.479. The lowest BCUT2D eigenvalue weighted by atomic mass is 10.1. The molecular formula is C23H29N5O3. The Morgan fingerprint density at radius 1 is 1.29 bits per heavy atom. The van der Waals surface area contributed by atoms with Crippen molar-refractivity contribution in [2.75, 3.05) is 36.9 Å². The van der Waals surface area contributed by atoms with Crippen molar-refractivity contribution in [1.29, 1.82) is 0 Å². The lowest BCUT2D eigenvalue weighted by Gasteiger charge is -2.41. The molecule has 2 atom stereocenters. The number of amides is 2. The Morgan fingerprint density at radius 2 is 2.13 bits per heavy atom. The molecule has 0 aliphatic carbocycles. The number of nitrogens with one attached hydrogen (secondary N) is 2. The second-order valence-electron chi connectivity index (χ2n) is 8.09. The van der Waals surface area contributed by atoms with Crippen LogP contribution in [0.3, 0.4) is 0 Å². The van der Waals surface area contributed by atoms with Crippen LogP contribution >= 0.6 is 0 Å². The summed E-state index contributed by atoms with van der Waals surface area (Å²) in [5.41, 5.74) is 3.35. The van der Waals surface area contributed by atoms with E-state index in [-0.39, 0.29) is 11.8 Å². The van der Waals surface area contributed by atoms with Crippen molar-refractivity contribution in [2.45, 2.75) is 39.0 Å². The van der Waals surface area contributed by atoms with Gasteiger partial charge in [0.25, 0.3) is 11.8 Å². The molecule has 8 heteroatoms. The molecule has 2 aliphatic heterocycles. The lowest BCUT2D eigenvalue weighted by molar-refractivity contribution is -0.123. The first-order chi connectivity index (χ1) is 15.0. The van der Waals surface area contributed by atoms with E-state index in [1.54, 1.807) is 19.3 Å². The largest absolute Gasteiger partial charge is 0.478 e. The Kier molecular flexibility index (Phi) is 6.08. The molecule has 0 saturated carbocycles. The fourth-order valence-corrected chi connectivity index (χ4v) is 4.20. The molecule has 1 saturated heterocycles. The molecule has 2 amide bonds. The highest BCUT2D eigenvalue weighted by molar-refractivity contribution is 5.97. The van der Waals surface area contributed by atoms with E-state index in [1.807, 2.05) is 25.1 Å². The van der Waals surface area contributed by atoms with E-state index in [9.17, 15) is 9.59 Å². The zero-order chi connectivity index (χ0) is 22.0. The van der Waals surface area contributed by atoms with Gasteiger partial charge >= 0.3 is 0 Å². The fourth-order valence-electron chi connectivity index (χ4n) is 4.20.